The molecule has 0 aliphatic heterocycles. The third kappa shape index (κ3) is 3.13. The minimum absolute atomic E-state index is 0.0579. The van der Waals surface area contributed by atoms with Crippen molar-refractivity contribution in [1.82, 2.24) is 20.1 Å². The van der Waals surface area contributed by atoms with E-state index in [0.717, 1.165) is 33.7 Å². The lowest BCUT2D eigenvalue weighted by Gasteiger charge is -2.14. The summed E-state index contributed by atoms with van der Waals surface area (Å²) in [5.74, 6) is 0.757. The summed E-state index contributed by atoms with van der Waals surface area (Å²) >= 11 is 0. The molecule has 0 bridgehead atoms. The molecular weight excluding hydrogens is 304 g/mol. The lowest BCUT2D eigenvalue weighted by Crippen LogP contribution is -2.31. The van der Waals surface area contributed by atoms with Crippen LogP contribution >= 0.6 is 0 Å². The number of amides is 1. The fourth-order valence-electron chi connectivity index (χ4n) is 2.87. The highest BCUT2D eigenvalue weighted by Crippen LogP contribution is 2.21. The minimum atomic E-state index is -0.344. The number of H-pyrrole nitrogens is 1. The predicted molar refractivity (Wildman–Crippen MR) is 93.1 cm³/mol. The average molecular weight is 326 g/mol. The van der Waals surface area contributed by atoms with Gasteiger partial charge in [0.1, 0.15) is 11.8 Å². The van der Waals surface area contributed by atoms with Crippen molar-refractivity contribution in [3.63, 3.8) is 0 Å². The van der Waals surface area contributed by atoms with Gasteiger partial charge >= 0.3 is 0 Å². The van der Waals surface area contributed by atoms with Crippen LogP contribution in [0.3, 0.4) is 0 Å². The van der Waals surface area contributed by atoms with Gasteiger partial charge in [0.2, 0.25) is 5.91 Å². The number of benzene rings is 1. The van der Waals surface area contributed by atoms with Crippen LogP contribution in [0.15, 0.2) is 30.3 Å². The lowest BCUT2D eigenvalue weighted by atomic mass is 10.2. The van der Waals surface area contributed by atoms with E-state index >= 15 is 0 Å². The van der Waals surface area contributed by atoms with Crippen LogP contribution in [-0.2, 0) is 11.3 Å². The first-order chi connectivity index (χ1) is 11.5. The number of carbonyl (C=O) groups excluding carboxylic acids is 1. The van der Waals surface area contributed by atoms with Crippen LogP contribution in [0, 0.1) is 13.8 Å². The van der Waals surface area contributed by atoms with E-state index in [2.05, 4.69) is 15.4 Å². The van der Waals surface area contributed by atoms with Gasteiger partial charge in [-0.15, -0.1) is 0 Å². The lowest BCUT2D eigenvalue weighted by molar-refractivity contribution is -0.124. The Labute approximate surface area is 140 Å². The predicted octanol–water partition coefficient (Wildman–Crippen LogP) is 2.87. The summed E-state index contributed by atoms with van der Waals surface area (Å²) in [4.78, 5) is 15.7. The summed E-state index contributed by atoms with van der Waals surface area (Å²) in [5, 5.41) is 8.40. The van der Waals surface area contributed by atoms with Gasteiger partial charge in [0.15, 0.2) is 0 Å². The van der Waals surface area contributed by atoms with Gasteiger partial charge in [0.25, 0.3) is 0 Å². The summed E-state index contributed by atoms with van der Waals surface area (Å²) in [6.45, 7) is 6.17. The quantitative estimate of drug-likeness (QED) is 0.757. The summed E-state index contributed by atoms with van der Waals surface area (Å²) < 4.78 is 6.98. The molecule has 24 heavy (non-hydrogen) atoms. The maximum absolute atomic E-state index is 12.4. The van der Waals surface area contributed by atoms with E-state index in [0.29, 0.717) is 6.54 Å². The van der Waals surface area contributed by atoms with Crippen molar-refractivity contribution in [2.24, 2.45) is 0 Å². The number of hydrogen-bond acceptors (Lipinski definition) is 3. The number of ether oxygens (including phenoxy) is 1. The van der Waals surface area contributed by atoms with Gasteiger partial charge in [-0.1, -0.05) is 0 Å². The van der Waals surface area contributed by atoms with Crippen molar-refractivity contribution in [3.8, 4) is 5.75 Å². The fourth-order valence-corrected chi connectivity index (χ4v) is 2.87. The second kappa shape index (κ2) is 6.39. The van der Waals surface area contributed by atoms with E-state index in [1.54, 1.807) is 11.8 Å². The number of rotatable bonds is 5. The van der Waals surface area contributed by atoms with Crippen LogP contribution < -0.4 is 10.1 Å². The number of carbonyl (C=O) groups is 1. The Morgan fingerprint density at radius 2 is 2.12 bits per heavy atom. The number of hydrogen-bond donors (Lipinski definition) is 2. The molecular formula is C18H22N4O2. The number of aryl methyl sites for hydroxylation is 2. The van der Waals surface area contributed by atoms with Crippen molar-refractivity contribution in [3.05, 3.63) is 47.4 Å². The third-order valence-corrected chi connectivity index (χ3v) is 4.13. The van der Waals surface area contributed by atoms with Crippen molar-refractivity contribution in [2.75, 3.05) is 7.11 Å². The third-order valence-electron chi connectivity index (χ3n) is 4.13. The Hall–Kier alpha value is -2.76. The number of methoxy groups -OCH3 is 1. The Balaban J connectivity index is 1.68. The molecule has 0 radical (unpaired) electrons. The fraction of sp³-hybridized carbons (Fsp3) is 0.333. The Bertz CT molecular complexity index is 878. The van der Waals surface area contributed by atoms with Crippen LogP contribution in [-0.4, -0.2) is 27.8 Å². The number of aromatic nitrogens is 3. The first-order valence-electron chi connectivity index (χ1n) is 7.94. The molecule has 0 saturated heterocycles. The number of aromatic amines is 1. The van der Waals surface area contributed by atoms with Gasteiger partial charge < -0.3 is 15.0 Å². The smallest absolute Gasteiger partial charge is 0.244 e. The number of fused-ring (bicyclic) bond motifs is 1. The molecule has 1 atom stereocenters. The highest BCUT2D eigenvalue weighted by atomic mass is 16.5. The van der Waals surface area contributed by atoms with Gasteiger partial charge in [-0.3, -0.25) is 9.48 Å². The van der Waals surface area contributed by atoms with E-state index in [1.165, 1.54) is 0 Å². The molecule has 2 heterocycles. The molecule has 3 rings (SSSR count). The van der Waals surface area contributed by atoms with Crippen LogP contribution in [0.1, 0.15) is 30.0 Å². The Morgan fingerprint density at radius 3 is 2.79 bits per heavy atom. The minimum Gasteiger partial charge on any atom is -0.497 e. The average Bonchev–Trinajstić information content (AvgIpc) is 3.13. The highest BCUT2D eigenvalue weighted by Gasteiger charge is 2.17. The van der Waals surface area contributed by atoms with Crippen molar-refractivity contribution in [2.45, 2.75) is 33.4 Å². The van der Waals surface area contributed by atoms with Crippen LogP contribution in [0.25, 0.3) is 10.9 Å². The van der Waals surface area contributed by atoms with E-state index in [-0.39, 0.29) is 11.9 Å². The van der Waals surface area contributed by atoms with Crippen LogP contribution in [0.5, 0.6) is 5.75 Å². The summed E-state index contributed by atoms with van der Waals surface area (Å²) in [6.07, 6.45) is 0. The SMILES string of the molecule is COc1ccc2[nH]c(CNC(=O)C(C)n3nc(C)cc3C)cc2c1. The zero-order chi connectivity index (χ0) is 17.3. The molecule has 0 aliphatic rings. The molecule has 6 nitrogen and oxygen atoms in total. The molecule has 1 unspecified atom stereocenters. The molecule has 1 aromatic carbocycles. The maximum Gasteiger partial charge on any atom is 0.244 e. The molecule has 3 aromatic rings. The molecule has 6 heteroatoms. The van der Waals surface area contributed by atoms with Crippen molar-refractivity contribution in [1.29, 1.82) is 0 Å². The van der Waals surface area contributed by atoms with Crippen molar-refractivity contribution >= 4 is 16.8 Å². The second-order valence-corrected chi connectivity index (χ2v) is 6.01. The molecule has 126 valence electrons. The molecule has 1 amide bonds. The first kappa shape index (κ1) is 16.1. The Kier molecular flexibility index (Phi) is 4.29. The first-order valence-corrected chi connectivity index (χ1v) is 7.94. The zero-order valence-electron chi connectivity index (χ0n) is 14.4. The second-order valence-electron chi connectivity index (χ2n) is 6.01. The van der Waals surface area contributed by atoms with E-state index in [9.17, 15) is 4.79 Å². The maximum atomic E-state index is 12.4. The van der Waals surface area contributed by atoms with Gasteiger partial charge in [-0.2, -0.15) is 5.10 Å². The normalized spacial score (nSPS) is 12.3. The summed E-state index contributed by atoms with van der Waals surface area (Å²) in [7, 11) is 1.65. The van der Waals surface area contributed by atoms with E-state index in [1.807, 2.05) is 51.1 Å². The van der Waals surface area contributed by atoms with Crippen LogP contribution in [0.4, 0.5) is 0 Å². The van der Waals surface area contributed by atoms with E-state index in [4.69, 9.17) is 4.74 Å². The monoisotopic (exact) mass is 326 g/mol. The molecule has 2 N–H and O–H groups in total. The molecule has 2 aromatic heterocycles. The highest BCUT2D eigenvalue weighted by molar-refractivity contribution is 5.83. The summed E-state index contributed by atoms with van der Waals surface area (Å²) in [5.41, 5.74) is 3.86. The van der Waals surface area contributed by atoms with Crippen molar-refractivity contribution < 1.29 is 9.53 Å². The molecule has 0 saturated carbocycles. The van der Waals surface area contributed by atoms with Crippen LogP contribution in [0.2, 0.25) is 0 Å². The van der Waals surface area contributed by atoms with Gasteiger partial charge in [0.05, 0.1) is 19.3 Å². The largest absolute Gasteiger partial charge is 0.497 e. The number of nitrogens with one attached hydrogen (secondary N) is 2. The topological polar surface area (TPSA) is 71.9 Å². The molecule has 0 spiro atoms. The van der Waals surface area contributed by atoms with Gasteiger partial charge in [-0.25, -0.2) is 0 Å². The molecule has 0 fully saturated rings. The van der Waals surface area contributed by atoms with E-state index < -0.39 is 0 Å². The standard InChI is InChI=1S/C18H22N4O2/c1-11-7-12(2)22(21-11)13(3)18(23)19-10-15-8-14-9-16(24-4)5-6-17(14)20-15/h5-9,13,20H,10H2,1-4H3,(H,19,23). The zero-order valence-corrected chi connectivity index (χ0v) is 14.4. The number of nitrogens with zero attached hydrogens (tertiary/aromatic N) is 2. The van der Waals surface area contributed by atoms with Gasteiger partial charge in [-0.05, 0) is 51.1 Å². The Morgan fingerprint density at radius 1 is 1.33 bits per heavy atom. The summed E-state index contributed by atoms with van der Waals surface area (Å²) in [6, 6.07) is 9.49. The molecule has 0 aliphatic carbocycles. The van der Waals surface area contributed by atoms with Gasteiger partial charge in [0, 0.05) is 22.3 Å².